The number of aryl methyl sites for hydroxylation is 1. The highest BCUT2D eigenvalue weighted by atomic mass is 32.1. The van der Waals surface area contributed by atoms with Gasteiger partial charge in [-0.05, 0) is 55.1 Å². The molecule has 1 amide bonds. The van der Waals surface area contributed by atoms with Crippen LogP contribution >= 0.6 is 11.3 Å². The summed E-state index contributed by atoms with van der Waals surface area (Å²) >= 11 is 1.68. The van der Waals surface area contributed by atoms with Crippen LogP contribution in [0.2, 0.25) is 0 Å². The van der Waals surface area contributed by atoms with E-state index in [1.807, 2.05) is 75.1 Å². The number of rotatable bonds is 9. The number of thiophene rings is 1. The van der Waals surface area contributed by atoms with Gasteiger partial charge in [-0.15, -0.1) is 11.3 Å². The van der Waals surface area contributed by atoms with Crippen LogP contribution in [0.5, 0.6) is 0 Å². The summed E-state index contributed by atoms with van der Waals surface area (Å²) in [5, 5.41) is 10.4. The molecule has 0 unspecified atom stereocenters. The molecule has 11 heteroatoms. The molecular weight excluding hydrogens is 562 g/mol. The van der Waals surface area contributed by atoms with Gasteiger partial charge in [-0.2, -0.15) is 5.10 Å². The fraction of sp³-hybridized carbons (Fsp3) is 0.438. The van der Waals surface area contributed by atoms with E-state index in [4.69, 9.17) is 5.10 Å². The lowest BCUT2D eigenvalue weighted by atomic mass is 10.1. The standard InChI is InChI=1S/C30H37N7O3S.C2H6/c1-19(2)15-36-27-25(29(39)35(6)30(36)40)26(23-14-20(16-34(23)5)28(38)31-12-13-33(3)4)37(32-27)17-21-18-41-24-11-9-7-8-10-22(21)24;1-2/h7-9,11,14,16,18-19H,10,12-13,15,17H2,1-6H3,(H,31,38);1-2H3. The third kappa shape index (κ3) is 6.52. The number of likely N-dealkylation sites (N-methyl/N-ethyl adjacent to an activating group) is 1. The molecule has 1 aliphatic carbocycles. The van der Waals surface area contributed by atoms with Gasteiger partial charge in [-0.1, -0.05) is 45.9 Å². The van der Waals surface area contributed by atoms with Gasteiger partial charge in [-0.3, -0.25) is 23.4 Å². The minimum absolute atomic E-state index is 0.167. The first-order chi connectivity index (χ1) is 20.6. The molecule has 0 aromatic carbocycles. The first-order valence-electron chi connectivity index (χ1n) is 14.8. The highest BCUT2D eigenvalue weighted by molar-refractivity contribution is 7.11. The molecule has 1 aliphatic rings. The molecule has 10 nitrogen and oxygen atoms in total. The number of fused-ring (bicyclic) bond motifs is 2. The molecule has 0 spiro atoms. The second kappa shape index (κ2) is 13.6. The lowest BCUT2D eigenvalue weighted by Gasteiger charge is -2.11. The van der Waals surface area contributed by atoms with Gasteiger partial charge in [0.1, 0.15) is 11.1 Å². The number of amides is 1. The largest absolute Gasteiger partial charge is 0.351 e. The Kier molecular flexibility index (Phi) is 10.1. The Bertz CT molecular complexity index is 1790. The molecule has 0 fully saturated rings. The molecule has 0 saturated heterocycles. The van der Waals surface area contributed by atoms with Gasteiger partial charge in [0.15, 0.2) is 5.65 Å². The van der Waals surface area contributed by atoms with Gasteiger partial charge < -0.3 is 14.8 Å². The molecule has 230 valence electrons. The molecule has 0 aliphatic heterocycles. The van der Waals surface area contributed by atoms with Crippen molar-refractivity contribution in [1.29, 1.82) is 0 Å². The Labute approximate surface area is 256 Å². The number of hydrogen-bond donors (Lipinski definition) is 1. The van der Waals surface area contributed by atoms with Crippen LogP contribution in [0.3, 0.4) is 0 Å². The summed E-state index contributed by atoms with van der Waals surface area (Å²) in [5.41, 5.74) is 3.67. The van der Waals surface area contributed by atoms with E-state index in [9.17, 15) is 14.4 Å². The second-order valence-corrected chi connectivity index (χ2v) is 12.1. The zero-order valence-electron chi connectivity index (χ0n) is 26.5. The summed E-state index contributed by atoms with van der Waals surface area (Å²) in [6.07, 6.45) is 10.9. The topological polar surface area (TPSA) is 99.1 Å². The minimum atomic E-state index is -0.403. The van der Waals surface area contributed by atoms with Crippen LogP contribution in [0.25, 0.3) is 28.5 Å². The number of hydrogen-bond acceptors (Lipinski definition) is 6. The van der Waals surface area contributed by atoms with Crippen LogP contribution in [0.4, 0.5) is 0 Å². The van der Waals surface area contributed by atoms with Gasteiger partial charge in [0, 0.05) is 44.8 Å². The smallest absolute Gasteiger partial charge is 0.332 e. The number of allylic oxidation sites excluding steroid dienone is 3. The molecule has 4 aromatic rings. The van der Waals surface area contributed by atoms with E-state index in [1.165, 1.54) is 17.5 Å². The number of nitrogens with one attached hydrogen (secondary N) is 1. The Morgan fingerprint density at radius 1 is 1.16 bits per heavy atom. The van der Waals surface area contributed by atoms with Gasteiger partial charge in [-0.25, -0.2) is 4.79 Å². The third-order valence-electron chi connectivity index (χ3n) is 7.28. The van der Waals surface area contributed by atoms with Crippen LogP contribution in [-0.2, 0) is 33.6 Å². The lowest BCUT2D eigenvalue weighted by Crippen LogP contribution is -2.38. The normalized spacial score (nSPS) is 12.5. The maximum atomic E-state index is 13.7. The van der Waals surface area contributed by atoms with Gasteiger partial charge in [0.2, 0.25) is 0 Å². The predicted molar refractivity (Wildman–Crippen MR) is 176 cm³/mol. The summed E-state index contributed by atoms with van der Waals surface area (Å²) in [5.74, 6) is -0.0175. The van der Waals surface area contributed by atoms with Crippen LogP contribution in [-0.4, -0.2) is 61.5 Å². The van der Waals surface area contributed by atoms with E-state index in [2.05, 4.69) is 22.8 Å². The second-order valence-electron chi connectivity index (χ2n) is 11.2. The molecule has 4 aromatic heterocycles. The van der Waals surface area contributed by atoms with Crippen molar-refractivity contribution in [2.24, 2.45) is 20.0 Å². The van der Waals surface area contributed by atoms with Crippen molar-refractivity contribution in [2.45, 2.75) is 47.2 Å². The molecule has 4 heterocycles. The molecule has 0 bridgehead atoms. The van der Waals surface area contributed by atoms with Crippen LogP contribution in [0.15, 0.2) is 45.5 Å². The van der Waals surface area contributed by atoms with Crippen molar-refractivity contribution in [3.8, 4) is 11.4 Å². The fourth-order valence-corrected chi connectivity index (χ4v) is 6.19. The summed E-state index contributed by atoms with van der Waals surface area (Å²) in [6, 6.07) is 1.80. The highest BCUT2D eigenvalue weighted by Gasteiger charge is 2.26. The number of aromatic nitrogens is 5. The van der Waals surface area contributed by atoms with Crippen molar-refractivity contribution >= 4 is 34.4 Å². The van der Waals surface area contributed by atoms with Crippen LogP contribution in [0, 0.1) is 5.92 Å². The summed E-state index contributed by atoms with van der Waals surface area (Å²) in [4.78, 5) is 43.2. The third-order valence-corrected chi connectivity index (χ3v) is 8.32. The van der Waals surface area contributed by atoms with Crippen molar-refractivity contribution < 1.29 is 4.79 Å². The number of nitrogens with zero attached hydrogens (tertiary/aromatic N) is 6. The first-order valence-corrected chi connectivity index (χ1v) is 15.7. The van der Waals surface area contributed by atoms with E-state index in [-0.39, 0.29) is 17.5 Å². The molecule has 0 saturated carbocycles. The average Bonchev–Trinajstić information content (AvgIpc) is 3.60. The van der Waals surface area contributed by atoms with Crippen LogP contribution in [0.1, 0.15) is 54.1 Å². The zero-order valence-corrected chi connectivity index (χ0v) is 27.3. The van der Waals surface area contributed by atoms with Gasteiger partial charge in [0.25, 0.3) is 11.5 Å². The predicted octanol–water partition coefficient (Wildman–Crippen LogP) is 4.11. The number of carbonyl (C=O) groups is 1. The maximum absolute atomic E-state index is 13.7. The van der Waals surface area contributed by atoms with E-state index in [0.717, 1.165) is 23.1 Å². The Balaban J connectivity index is 0.00000207. The van der Waals surface area contributed by atoms with Gasteiger partial charge in [0.05, 0.1) is 17.8 Å². The Morgan fingerprint density at radius 2 is 1.91 bits per heavy atom. The van der Waals surface area contributed by atoms with Crippen molar-refractivity contribution in [3.63, 3.8) is 0 Å². The van der Waals surface area contributed by atoms with E-state index >= 15 is 0 Å². The van der Waals surface area contributed by atoms with Crippen molar-refractivity contribution in [1.82, 2.24) is 33.7 Å². The van der Waals surface area contributed by atoms with E-state index < -0.39 is 5.56 Å². The summed E-state index contributed by atoms with van der Waals surface area (Å²) in [6.45, 7) is 10.2. The van der Waals surface area contributed by atoms with Crippen molar-refractivity contribution in [3.05, 3.63) is 78.3 Å². The highest BCUT2D eigenvalue weighted by Crippen LogP contribution is 2.32. The maximum Gasteiger partial charge on any atom is 0.332 e. The van der Waals surface area contributed by atoms with Gasteiger partial charge >= 0.3 is 5.69 Å². The number of carbonyl (C=O) groups excluding carboxylic acids is 1. The summed E-state index contributed by atoms with van der Waals surface area (Å²) < 4.78 is 6.43. The minimum Gasteiger partial charge on any atom is -0.351 e. The van der Waals surface area contributed by atoms with Crippen molar-refractivity contribution in [2.75, 3.05) is 27.2 Å². The lowest BCUT2D eigenvalue weighted by molar-refractivity contribution is 0.0951. The van der Waals surface area contributed by atoms with E-state index in [0.29, 0.717) is 47.6 Å². The SMILES string of the molecule is CC.CC(C)Cn1c(=O)n(C)c(=O)c2c(-c3cc(C(=O)NCCN(C)C)cn3C)n(Cc3csc4c3CC=CC=C4)nc21. The Morgan fingerprint density at radius 3 is 2.60 bits per heavy atom. The quantitative estimate of drug-likeness (QED) is 0.310. The molecule has 1 N–H and O–H groups in total. The molecule has 0 atom stereocenters. The van der Waals surface area contributed by atoms with Crippen LogP contribution < -0.4 is 16.6 Å². The molecule has 5 rings (SSSR count). The summed E-state index contributed by atoms with van der Waals surface area (Å²) in [7, 11) is 7.28. The van der Waals surface area contributed by atoms with E-state index in [1.54, 1.807) is 28.2 Å². The average molecular weight is 606 g/mol. The first kappa shape index (κ1) is 32.0. The zero-order chi connectivity index (χ0) is 31.4. The fourth-order valence-electron chi connectivity index (χ4n) is 5.19. The molecular formula is C32H43N7O3S. The Hall–Kier alpha value is -3.96. The molecule has 0 radical (unpaired) electrons. The monoisotopic (exact) mass is 605 g/mol. The molecule has 43 heavy (non-hydrogen) atoms.